The number of hydrogen-bond acceptors (Lipinski definition) is 6. The van der Waals surface area contributed by atoms with E-state index in [9.17, 15) is 9.18 Å². The van der Waals surface area contributed by atoms with E-state index in [4.69, 9.17) is 17.3 Å². The van der Waals surface area contributed by atoms with E-state index in [2.05, 4.69) is 20.1 Å². The molecule has 0 radical (unpaired) electrons. The third kappa shape index (κ3) is 4.17. The number of benzene rings is 1. The van der Waals surface area contributed by atoms with Gasteiger partial charge in [-0.2, -0.15) is 5.10 Å². The SMILES string of the molecule is Cc1nc(-c2nn(-c3cncc(F)c3)cc2Sc2ccc(Cl)cc2)cnc1C(N)=O. The van der Waals surface area contributed by atoms with Crippen LogP contribution in [0.1, 0.15) is 16.2 Å². The second-order valence-electron chi connectivity index (χ2n) is 6.26. The van der Waals surface area contributed by atoms with Gasteiger partial charge in [0.05, 0.1) is 34.9 Å². The lowest BCUT2D eigenvalue weighted by atomic mass is 10.2. The molecule has 0 aliphatic heterocycles. The number of carbonyl (C=O) groups is 1. The quantitative estimate of drug-likeness (QED) is 0.502. The highest BCUT2D eigenvalue weighted by molar-refractivity contribution is 7.99. The number of aromatic nitrogens is 5. The first kappa shape index (κ1) is 20.0. The van der Waals surface area contributed by atoms with Crippen LogP contribution < -0.4 is 5.73 Å². The summed E-state index contributed by atoms with van der Waals surface area (Å²) in [6.45, 7) is 1.65. The van der Waals surface area contributed by atoms with Crippen LogP contribution in [0.5, 0.6) is 0 Å². The van der Waals surface area contributed by atoms with E-state index in [0.29, 0.717) is 27.8 Å². The molecule has 0 fully saturated rings. The molecule has 2 N–H and O–H groups in total. The molecule has 0 saturated heterocycles. The normalized spacial score (nSPS) is 10.9. The molecule has 1 aromatic carbocycles. The van der Waals surface area contributed by atoms with Gasteiger partial charge >= 0.3 is 0 Å². The zero-order chi connectivity index (χ0) is 21.3. The number of nitrogens with zero attached hydrogens (tertiary/aromatic N) is 5. The average molecular weight is 441 g/mol. The van der Waals surface area contributed by atoms with Crippen molar-refractivity contribution >= 4 is 29.3 Å². The van der Waals surface area contributed by atoms with Crippen LogP contribution in [-0.2, 0) is 0 Å². The van der Waals surface area contributed by atoms with Crippen molar-refractivity contribution in [2.75, 3.05) is 0 Å². The number of carbonyl (C=O) groups excluding carboxylic acids is 1. The van der Waals surface area contributed by atoms with Crippen molar-refractivity contribution in [2.45, 2.75) is 16.7 Å². The predicted octanol–water partition coefficient (Wildman–Crippen LogP) is 4.08. The van der Waals surface area contributed by atoms with E-state index in [-0.39, 0.29) is 5.69 Å². The summed E-state index contributed by atoms with van der Waals surface area (Å²) in [6.07, 6.45) is 5.82. The molecule has 1 amide bonds. The van der Waals surface area contributed by atoms with E-state index >= 15 is 0 Å². The molecule has 30 heavy (non-hydrogen) atoms. The van der Waals surface area contributed by atoms with E-state index in [1.165, 1.54) is 34.9 Å². The minimum atomic E-state index is -0.654. The third-order valence-corrected chi connectivity index (χ3v) is 5.38. The Kier molecular flexibility index (Phi) is 5.47. The Labute approximate surface area is 180 Å². The van der Waals surface area contributed by atoms with Crippen LogP contribution in [0.25, 0.3) is 17.1 Å². The molecule has 150 valence electrons. The Balaban J connectivity index is 1.81. The number of nitrogens with two attached hydrogens (primary N) is 1. The van der Waals surface area contributed by atoms with Gasteiger partial charge in [-0.15, -0.1) is 0 Å². The fourth-order valence-corrected chi connectivity index (χ4v) is 3.78. The number of primary amides is 1. The molecular weight excluding hydrogens is 427 g/mol. The number of rotatable bonds is 5. The zero-order valence-electron chi connectivity index (χ0n) is 15.6. The first-order valence-electron chi connectivity index (χ1n) is 8.68. The molecule has 0 atom stereocenters. The molecule has 0 aliphatic carbocycles. The highest BCUT2D eigenvalue weighted by Gasteiger charge is 2.18. The van der Waals surface area contributed by atoms with E-state index in [1.807, 2.05) is 12.1 Å². The molecule has 3 aromatic heterocycles. The molecule has 0 aliphatic rings. The first-order valence-corrected chi connectivity index (χ1v) is 9.88. The molecule has 0 bridgehead atoms. The average Bonchev–Trinajstić information content (AvgIpc) is 3.13. The van der Waals surface area contributed by atoms with Crippen molar-refractivity contribution in [3.05, 3.63) is 77.3 Å². The van der Waals surface area contributed by atoms with Gasteiger partial charge in [-0.05, 0) is 31.2 Å². The maximum atomic E-state index is 13.7. The van der Waals surface area contributed by atoms with Crippen LogP contribution in [0.2, 0.25) is 5.02 Å². The van der Waals surface area contributed by atoms with Gasteiger partial charge < -0.3 is 5.73 Å². The lowest BCUT2D eigenvalue weighted by molar-refractivity contribution is 0.0994. The Morgan fingerprint density at radius 3 is 2.63 bits per heavy atom. The second-order valence-corrected chi connectivity index (χ2v) is 7.81. The topological polar surface area (TPSA) is 99.6 Å². The fraction of sp³-hybridized carbons (Fsp3) is 0.0500. The summed E-state index contributed by atoms with van der Waals surface area (Å²) < 4.78 is 15.2. The summed E-state index contributed by atoms with van der Waals surface area (Å²) in [4.78, 5) is 25.6. The number of pyridine rings is 1. The smallest absolute Gasteiger partial charge is 0.269 e. The number of hydrogen-bond donors (Lipinski definition) is 1. The van der Waals surface area contributed by atoms with Crippen molar-refractivity contribution in [3.8, 4) is 17.1 Å². The van der Waals surface area contributed by atoms with Crippen LogP contribution in [0.15, 0.2) is 64.9 Å². The second kappa shape index (κ2) is 8.21. The van der Waals surface area contributed by atoms with Gasteiger partial charge in [-0.1, -0.05) is 23.4 Å². The molecule has 10 heteroatoms. The Bertz CT molecular complexity index is 1240. The third-order valence-electron chi connectivity index (χ3n) is 4.10. The molecule has 3 heterocycles. The van der Waals surface area contributed by atoms with Crippen molar-refractivity contribution in [3.63, 3.8) is 0 Å². The predicted molar refractivity (Wildman–Crippen MR) is 111 cm³/mol. The maximum absolute atomic E-state index is 13.7. The van der Waals surface area contributed by atoms with Gasteiger partial charge in [0.25, 0.3) is 5.91 Å². The van der Waals surface area contributed by atoms with Crippen LogP contribution >= 0.6 is 23.4 Å². The molecule has 0 saturated carbocycles. The first-order chi connectivity index (χ1) is 14.4. The zero-order valence-corrected chi connectivity index (χ0v) is 17.2. The number of aryl methyl sites for hydroxylation is 1. The van der Waals surface area contributed by atoms with Crippen LogP contribution in [0, 0.1) is 12.7 Å². The number of halogens is 2. The van der Waals surface area contributed by atoms with Gasteiger partial charge in [0.15, 0.2) is 0 Å². The minimum absolute atomic E-state index is 0.0967. The van der Waals surface area contributed by atoms with Crippen LogP contribution in [0.3, 0.4) is 0 Å². The van der Waals surface area contributed by atoms with Gasteiger partial charge in [0.1, 0.15) is 22.9 Å². The summed E-state index contributed by atoms with van der Waals surface area (Å²) in [5.41, 5.74) is 7.24. The largest absolute Gasteiger partial charge is 0.364 e. The fourth-order valence-electron chi connectivity index (χ4n) is 2.74. The Morgan fingerprint density at radius 1 is 1.20 bits per heavy atom. The maximum Gasteiger partial charge on any atom is 0.269 e. The van der Waals surface area contributed by atoms with E-state index in [0.717, 1.165) is 16.0 Å². The van der Waals surface area contributed by atoms with E-state index in [1.54, 1.807) is 25.3 Å². The van der Waals surface area contributed by atoms with E-state index < -0.39 is 11.7 Å². The highest BCUT2D eigenvalue weighted by atomic mass is 35.5. The standard InChI is InChI=1S/C20H14ClFN6OS/c1-11-18(20(23)29)25-9-16(26-11)19-17(30-15-4-2-12(21)3-5-15)10-28(27-19)14-6-13(22)7-24-8-14/h2-10H,1H3,(H2,23,29). The minimum Gasteiger partial charge on any atom is -0.364 e. The molecule has 4 aromatic rings. The van der Waals surface area contributed by atoms with Crippen LogP contribution in [-0.4, -0.2) is 30.6 Å². The van der Waals surface area contributed by atoms with Gasteiger partial charge in [-0.25, -0.2) is 19.0 Å². The highest BCUT2D eigenvalue weighted by Crippen LogP contribution is 2.35. The monoisotopic (exact) mass is 440 g/mol. The summed E-state index contributed by atoms with van der Waals surface area (Å²) in [5, 5.41) is 5.19. The van der Waals surface area contributed by atoms with Crippen molar-refractivity contribution in [1.29, 1.82) is 0 Å². The molecule has 4 rings (SSSR count). The molecular formula is C20H14ClFN6OS. The van der Waals surface area contributed by atoms with Gasteiger partial charge in [0, 0.05) is 22.2 Å². The molecule has 0 spiro atoms. The number of amides is 1. The van der Waals surface area contributed by atoms with Crippen LogP contribution in [0.4, 0.5) is 4.39 Å². The summed E-state index contributed by atoms with van der Waals surface area (Å²) >= 11 is 7.41. The summed E-state index contributed by atoms with van der Waals surface area (Å²) in [5.74, 6) is -1.13. The lowest BCUT2D eigenvalue weighted by Gasteiger charge is -2.05. The van der Waals surface area contributed by atoms with Crippen molar-refractivity contribution in [1.82, 2.24) is 24.7 Å². The Hall–Kier alpha value is -3.30. The van der Waals surface area contributed by atoms with Gasteiger partial charge in [0.2, 0.25) is 0 Å². The van der Waals surface area contributed by atoms with Gasteiger partial charge in [-0.3, -0.25) is 9.78 Å². The van der Waals surface area contributed by atoms with Crippen molar-refractivity contribution in [2.24, 2.45) is 5.73 Å². The summed E-state index contributed by atoms with van der Waals surface area (Å²) in [6, 6.07) is 8.66. The van der Waals surface area contributed by atoms with Crippen molar-refractivity contribution < 1.29 is 9.18 Å². The molecule has 7 nitrogen and oxygen atoms in total. The molecule has 0 unspecified atom stereocenters. The Morgan fingerprint density at radius 2 is 1.97 bits per heavy atom. The lowest BCUT2D eigenvalue weighted by Crippen LogP contribution is -2.16. The summed E-state index contributed by atoms with van der Waals surface area (Å²) in [7, 11) is 0.